The SMILES string of the molecule is Cc1cc(C(Br)c2cc3c(s2)CCSC3)c(C)cc1Cl. The molecule has 1 unspecified atom stereocenters. The number of hydrogen-bond acceptors (Lipinski definition) is 2. The largest absolute Gasteiger partial charge is 0.157 e. The van der Waals surface area contributed by atoms with Gasteiger partial charge < -0.3 is 0 Å². The van der Waals surface area contributed by atoms with E-state index in [1.165, 1.54) is 39.5 Å². The van der Waals surface area contributed by atoms with Gasteiger partial charge in [-0.3, -0.25) is 0 Å². The maximum absolute atomic E-state index is 6.20. The lowest BCUT2D eigenvalue weighted by molar-refractivity contribution is 1.13. The van der Waals surface area contributed by atoms with Crippen LogP contribution < -0.4 is 0 Å². The van der Waals surface area contributed by atoms with Gasteiger partial charge in [0.25, 0.3) is 0 Å². The van der Waals surface area contributed by atoms with Crippen LogP contribution in [0.2, 0.25) is 5.02 Å². The fraction of sp³-hybridized carbons (Fsp3) is 0.375. The standard InChI is InChI=1S/C16H16BrClS2/c1-9-6-13(18)10(2)5-12(9)16(17)15-7-11-8-19-4-3-14(11)20-15/h5-7,16H,3-4,8H2,1-2H3. The maximum atomic E-state index is 6.20. The number of hydrogen-bond donors (Lipinski definition) is 0. The molecule has 2 heterocycles. The second kappa shape index (κ2) is 6.04. The van der Waals surface area contributed by atoms with Gasteiger partial charge in [0.05, 0.1) is 4.83 Å². The van der Waals surface area contributed by atoms with Crippen LogP contribution >= 0.6 is 50.6 Å². The third-order valence-electron chi connectivity index (χ3n) is 3.72. The Labute approximate surface area is 142 Å². The van der Waals surface area contributed by atoms with E-state index in [-0.39, 0.29) is 4.83 Å². The van der Waals surface area contributed by atoms with Crippen molar-refractivity contribution in [2.75, 3.05) is 5.75 Å². The first-order valence-electron chi connectivity index (χ1n) is 6.66. The summed E-state index contributed by atoms with van der Waals surface area (Å²) < 4.78 is 0. The molecule has 0 amide bonds. The topological polar surface area (TPSA) is 0 Å². The molecule has 0 nitrogen and oxygen atoms in total. The van der Waals surface area contributed by atoms with Crippen molar-refractivity contribution >= 4 is 50.6 Å². The van der Waals surface area contributed by atoms with Crippen LogP contribution in [0.25, 0.3) is 0 Å². The predicted molar refractivity (Wildman–Crippen MR) is 95.9 cm³/mol. The van der Waals surface area contributed by atoms with Crippen LogP contribution in [0.5, 0.6) is 0 Å². The summed E-state index contributed by atoms with van der Waals surface area (Å²) in [5, 5.41) is 0.854. The average molecular weight is 388 g/mol. The summed E-state index contributed by atoms with van der Waals surface area (Å²) in [7, 11) is 0. The summed E-state index contributed by atoms with van der Waals surface area (Å²) in [6, 6.07) is 6.67. The number of alkyl halides is 1. The monoisotopic (exact) mass is 386 g/mol. The minimum absolute atomic E-state index is 0.277. The quantitative estimate of drug-likeness (QED) is 0.545. The number of thioether (sulfide) groups is 1. The van der Waals surface area contributed by atoms with E-state index in [1.807, 2.05) is 23.1 Å². The number of halogens is 2. The molecule has 0 fully saturated rings. The van der Waals surface area contributed by atoms with E-state index in [2.05, 4.69) is 48.0 Å². The molecule has 20 heavy (non-hydrogen) atoms. The van der Waals surface area contributed by atoms with Crippen molar-refractivity contribution in [2.45, 2.75) is 30.8 Å². The predicted octanol–water partition coefficient (Wildman–Crippen LogP) is 6.29. The van der Waals surface area contributed by atoms with Crippen molar-refractivity contribution in [1.82, 2.24) is 0 Å². The van der Waals surface area contributed by atoms with Gasteiger partial charge in [-0.15, -0.1) is 11.3 Å². The highest BCUT2D eigenvalue weighted by Gasteiger charge is 2.20. The minimum atomic E-state index is 0.277. The Morgan fingerprint density at radius 1 is 1.20 bits per heavy atom. The molecule has 0 bridgehead atoms. The molecule has 1 aliphatic rings. The molecule has 1 aromatic carbocycles. The first-order chi connectivity index (χ1) is 9.56. The van der Waals surface area contributed by atoms with Crippen LogP contribution in [0.4, 0.5) is 0 Å². The normalized spacial score (nSPS) is 16.0. The van der Waals surface area contributed by atoms with Gasteiger partial charge in [0.15, 0.2) is 0 Å². The molecule has 2 aromatic rings. The number of thiophene rings is 1. The smallest absolute Gasteiger partial charge is 0.0740 e. The molecule has 0 N–H and O–H groups in total. The Morgan fingerprint density at radius 2 is 2.00 bits per heavy atom. The van der Waals surface area contributed by atoms with Gasteiger partial charge in [-0.1, -0.05) is 33.6 Å². The molecule has 4 heteroatoms. The molecular formula is C16H16BrClS2. The lowest BCUT2D eigenvalue weighted by Gasteiger charge is -2.13. The van der Waals surface area contributed by atoms with Gasteiger partial charge in [0, 0.05) is 20.5 Å². The van der Waals surface area contributed by atoms with E-state index in [9.17, 15) is 0 Å². The molecular weight excluding hydrogens is 372 g/mol. The second-order valence-electron chi connectivity index (χ2n) is 5.22. The highest BCUT2D eigenvalue weighted by atomic mass is 79.9. The molecule has 1 aromatic heterocycles. The van der Waals surface area contributed by atoms with E-state index in [1.54, 1.807) is 4.88 Å². The first kappa shape index (κ1) is 15.0. The molecule has 3 rings (SSSR count). The lowest BCUT2D eigenvalue weighted by Crippen LogP contribution is -1.96. The van der Waals surface area contributed by atoms with Gasteiger partial charge >= 0.3 is 0 Å². The summed E-state index contributed by atoms with van der Waals surface area (Å²) in [6.45, 7) is 4.21. The van der Waals surface area contributed by atoms with Crippen molar-refractivity contribution in [1.29, 1.82) is 0 Å². The van der Waals surface area contributed by atoms with E-state index in [0.29, 0.717) is 0 Å². The Bertz CT molecular complexity index is 625. The number of rotatable bonds is 2. The van der Waals surface area contributed by atoms with Gasteiger partial charge in [0.2, 0.25) is 0 Å². The molecule has 0 saturated carbocycles. The van der Waals surface area contributed by atoms with Crippen LogP contribution in [0.3, 0.4) is 0 Å². The molecule has 0 spiro atoms. The molecule has 1 atom stereocenters. The van der Waals surface area contributed by atoms with Gasteiger partial charge in [-0.25, -0.2) is 0 Å². The fourth-order valence-electron chi connectivity index (χ4n) is 2.52. The second-order valence-corrected chi connectivity index (χ2v) is 8.82. The average Bonchev–Trinajstić information content (AvgIpc) is 2.86. The number of benzene rings is 1. The Balaban J connectivity index is 1.98. The Hall–Kier alpha value is 0.0400. The zero-order valence-corrected chi connectivity index (χ0v) is 15.5. The van der Waals surface area contributed by atoms with Crippen molar-refractivity contribution in [3.63, 3.8) is 0 Å². The van der Waals surface area contributed by atoms with Crippen LogP contribution in [-0.4, -0.2) is 5.75 Å². The molecule has 106 valence electrons. The zero-order valence-electron chi connectivity index (χ0n) is 11.5. The van der Waals surface area contributed by atoms with Crippen molar-refractivity contribution in [3.05, 3.63) is 55.2 Å². The fourth-order valence-corrected chi connectivity index (χ4v) is 6.02. The summed E-state index contributed by atoms with van der Waals surface area (Å²) in [4.78, 5) is 3.27. The van der Waals surface area contributed by atoms with Crippen molar-refractivity contribution in [3.8, 4) is 0 Å². The van der Waals surface area contributed by atoms with Crippen LogP contribution in [0.15, 0.2) is 18.2 Å². The molecule has 1 aliphatic heterocycles. The van der Waals surface area contributed by atoms with Gasteiger partial charge in [-0.05, 0) is 60.4 Å². The third kappa shape index (κ3) is 2.83. The van der Waals surface area contributed by atoms with E-state index in [4.69, 9.17) is 11.6 Å². The maximum Gasteiger partial charge on any atom is 0.0740 e. The Morgan fingerprint density at radius 3 is 2.75 bits per heavy atom. The molecule has 0 saturated heterocycles. The first-order valence-corrected chi connectivity index (χ1v) is 9.92. The Kier molecular flexibility index (Phi) is 4.51. The van der Waals surface area contributed by atoms with Gasteiger partial charge in [-0.2, -0.15) is 11.8 Å². The van der Waals surface area contributed by atoms with Crippen molar-refractivity contribution in [2.24, 2.45) is 0 Å². The van der Waals surface area contributed by atoms with Crippen LogP contribution in [0.1, 0.15) is 36.8 Å². The summed E-state index contributed by atoms with van der Waals surface area (Å²) in [5.74, 6) is 2.43. The highest BCUT2D eigenvalue weighted by Crippen LogP contribution is 2.41. The number of fused-ring (bicyclic) bond motifs is 1. The lowest BCUT2D eigenvalue weighted by atomic mass is 10.0. The van der Waals surface area contributed by atoms with E-state index in [0.717, 1.165) is 10.6 Å². The summed E-state index contributed by atoms with van der Waals surface area (Å²) in [6.07, 6.45) is 1.23. The summed E-state index contributed by atoms with van der Waals surface area (Å²) in [5.41, 5.74) is 5.27. The van der Waals surface area contributed by atoms with Gasteiger partial charge in [0.1, 0.15) is 0 Å². The molecule has 0 aliphatic carbocycles. The zero-order chi connectivity index (χ0) is 14.3. The van der Waals surface area contributed by atoms with E-state index >= 15 is 0 Å². The van der Waals surface area contributed by atoms with Crippen molar-refractivity contribution < 1.29 is 0 Å². The minimum Gasteiger partial charge on any atom is -0.157 e. The summed E-state index contributed by atoms with van der Waals surface area (Å²) >= 11 is 14.1. The highest BCUT2D eigenvalue weighted by molar-refractivity contribution is 9.09. The van der Waals surface area contributed by atoms with Crippen LogP contribution in [0, 0.1) is 13.8 Å². The van der Waals surface area contributed by atoms with Crippen LogP contribution in [-0.2, 0) is 12.2 Å². The number of aryl methyl sites for hydroxylation is 3. The molecule has 0 radical (unpaired) electrons. The van der Waals surface area contributed by atoms with E-state index < -0.39 is 0 Å². The third-order valence-corrected chi connectivity index (χ3v) is 7.72.